The summed E-state index contributed by atoms with van der Waals surface area (Å²) < 4.78 is 6.41. The van der Waals surface area contributed by atoms with Crippen LogP contribution in [-0.4, -0.2) is 41.2 Å². The first-order valence-electron chi connectivity index (χ1n) is 14.5. The van der Waals surface area contributed by atoms with Crippen LogP contribution in [0.2, 0.25) is 0 Å². The number of amides is 3. The first-order valence-corrected chi connectivity index (χ1v) is 15.3. The van der Waals surface area contributed by atoms with Crippen LogP contribution in [0.4, 0.5) is 5.69 Å². The Hall–Kier alpha value is -3.78. The van der Waals surface area contributed by atoms with Gasteiger partial charge in [0.15, 0.2) is 6.61 Å². The van der Waals surface area contributed by atoms with Crippen molar-refractivity contribution in [2.45, 2.75) is 57.9 Å². The summed E-state index contributed by atoms with van der Waals surface area (Å²) in [6.07, 6.45) is 1.69. The topological polar surface area (TPSA) is 92.8 Å². The molecule has 3 amide bonds. The molecule has 0 aromatic heterocycles. The summed E-state index contributed by atoms with van der Waals surface area (Å²) in [7, 11) is 0. The third kappa shape index (κ3) is 4.47. The lowest BCUT2D eigenvalue weighted by Crippen LogP contribution is -2.47. The van der Waals surface area contributed by atoms with Gasteiger partial charge in [0.05, 0.1) is 11.8 Å². The molecular weight excluding hydrogens is 596 g/mol. The number of hydrogen-bond acceptors (Lipinski definition) is 5. The van der Waals surface area contributed by atoms with Crippen molar-refractivity contribution in [2.24, 2.45) is 11.8 Å². The van der Waals surface area contributed by atoms with Gasteiger partial charge in [-0.25, -0.2) is 4.79 Å². The number of hydrogen-bond donors (Lipinski definition) is 1. The highest BCUT2D eigenvalue weighted by molar-refractivity contribution is 9.10. The first-order chi connectivity index (χ1) is 20.2. The van der Waals surface area contributed by atoms with E-state index in [0.29, 0.717) is 12.1 Å². The lowest BCUT2D eigenvalue weighted by Gasteiger charge is -2.45. The fourth-order valence-corrected chi connectivity index (χ4v) is 7.53. The van der Waals surface area contributed by atoms with Gasteiger partial charge in [-0.05, 0) is 65.8 Å². The van der Waals surface area contributed by atoms with Gasteiger partial charge < -0.3 is 10.1 Å². The van der Waals surface area contributed by atoms with Crippen molar-refractivity contribution in [3.8, 4) is 0 Å². The van der Waals surface area contributed by atoms with Crippen LogP contribution < -0.4 is 5.32 Å². The average Bonchev–Trinajstić information content (AvgIpc) is 3.26. The van der Waals surface area contributed by atoms with Crippen molar-refractivity contribution in [1.29, 1.82) is 0 Å². The Morgan fingerprint density at radius 3 is 1.88 bits per heavy atom. The van der Waals surface area contributed by atoms with Gasteiger partial charge in [0, 0.05) is 22.0 Å². The molecule has 4 aliphatic rings. The standard InChI is InChI=1S/C34H33BrN2O5/c1-4-5-14-26(34(41)42-17-27(38)36-25-16-15-24(35)18(2)19(25)3)37-32(39)30-28-20-10-6-7-11-21(20)29(31(30)33(37)40)23-13-9-8-12-22(23)28/h6-13,15-16,26,28-31H,4-5,14,17H2,1-3H3,(H,36,38)/t26-,28?,29?,30-,31-/m1/s1. The monoisotopic (exact) mass is 628 g/mol. The Labute approximate surface area is 253 Å². The number of imide groups is 1. The Morgan fingerprint density at radius 1 is 0.857 bits per heavy atom. The lowest BCUT2D eigenvalue weighted by molar-refractivity contribution is -0.160. The minimum atomic E-state index is -1.08. The molecule has 0 spiro atoms. The minimum absolute atomic E-state index is 0.250. The molecule has 2 bridgehead atoms. The normalized spacial score (nSPS) is 22.3. The zero-order chi connectivity index (χ0) is 29.7. The maximum Gasteiger partial charge on any atom is 0.329 e. The van der Waals surface area contributed by atoms with E-state index in [2.05, 4.69) is 45.5 Å². The maximum absolute atomic E-state index is 14.2. The molecular formula is C34H33BrN2O5. The molecule has 3 aliphatic carbocycles. The summed E-state index contributed by atoms with van der Waals surface area (Å²) in [5.41, 5.74) is 6.83. The first kappa shape index (κ1) is 28.3. The number of ether oxygens (including phenoxy) is 1. The van der Waals surface area contributed by atoms with Crippen molar-refractivity contribution in [1.82, 2.24) is 4.90 Å². The number of likely N-dealkylation sites (tertiary alicyclic amines) is 1. The van der Waals surface area contributed by atoms with Gasteiger partial charge in [0.1, 0.15) is 6.04 Å². The average molecular weight is 630 g/mol. The van der Waals surface area contributed by atoms with E-state index in [-0.39, 0.29) is 30.1 Å². The largest absolute Gasteiger partial charge is 0.454 e. The molecule has 3 aromatic rings. The maximum atomic E-state index is 14.2. The van der Waals surface area contributed by atoms with Crippen molar-refractivity contribution in [3.63, 3.8) is 0 Å². The number of halogens is 1. The third-order valence-corrected chi connectivity index (χ3v) is 10.1. The zero-order valence-electron chi connectivity index (χ0n) is 23.9. The van der Waals surface area contributed by atoms with E-state index in [0.717, 1.165) is 44.3 Å². The minimum Gasteiger partial charge on any atom is -0.454 e. The summed E-state index contributed by atoms with van der Waals surface area (Å²) >= 11 is 3.48. The molecule has 216 valence electrons. The highest BCUT2D eigenvalue weighted by Crippen LogP contribution is 2.61. The second-order valence-electron chi connectivity index (χ2n) is 11.5. The van der Waals surface area contributed by atoms with Gasteiger partial charge in [-0.2, -0.15) is 0 Å². The summed E-state index contributed by atoms with van der Waals surface area (Å²) in [5.74, 6) is -3.52. The molecule has 0 radical (unpaired) electrons. The summed E-state index contributed by atoms with van der Waals surface area (Å²) in [6, 6.07) is 18.6. The van der Waals surface area contributed by atoms with E-state index in [1.807, 2.05) is 51.1 Å². The Bertz CT molecular complexity index is 1500. The van der Waals surface area contributed by atoms with E-state index in [9.17, 15) is 19.2 Å². The van der Waals surface area contributed by atoms with Crippen molar-refractivity contribution in [3.05, 3.63) is 98.5 Å². The predicted octanol–water partition coefficient (Wildman–Crippen LogP) is 6.00. The molecule has 7 rings (SSSR count). The number of unbranched alkanes of at least 4 members (excludes halogenated alkanes) is 1. The number of benzene rings is 3. The van der Waals surface area contributed by atoms with E-state index in [1.54, 1.807) is 6.07 Å². The second-order valence-corrected chi connectivity index (χ2v) is 12.3. The third-order valence-electron chi connectivity index (χ3n) is 9.24. The number of carbonyl (C=O) groups is 4. The summed E-state index contributed by atoms with van der Waals surface area (Å²) in [6.45, 7) is 5.31. The number of nitrogens with one attached hydrogen (secondary N) is 1. The zero-order valence-corrected chi connectivity index (χ0v) is 25.4. The van der Waals surface area contributed by atoms with Gasteiger partial charge in [0.2, 0.25) is 11.8 Å². The van der Waals surface area contributed by atoms with E-state index in [4.69, 9.17) is 4.74 Å². The molecule has 1 saturated heterocycles. The van der Waals surface area contributed by atoms with Gasteiger partial charge in [-0.1, -0.05) is 84.2 Å². The Kier molecular flexibility index (Phi) is 7.51. The number of carbonyl (C=O) groups excluding carboxylic acids is 4. The van der Waals surface area contributed by atoms with Gasteiger partial charge in [0.25, 0.3) is 5.91 Å². The second kappa shape index (κ2) is 11.1. The van der Waals surface area contributed by atoms with Crippen molar-refractivity contribution < 1.29 is 23.9 Å². The van der Waals surface area contributed by atoms with Crippen LogP contribution in [0.1, 0.15) is 71.4 Å². The predicted molar refractivity (Wildman–Crippen MR) is 162 cm³/mol. The quantitative estimate of drug-likeness (QED) is 0.244. The fourth-order valence-electron chi connectivity index (χ4n) is 7.10. The number of rotatable bonds is 8. The molecule has 7 nitrogen and oxygen atoms in total. The van der Waals surface area contributed by atoms with Crippen LogP contribution in [-0.2, 0) is 23.9 Å². The van der Waals surface area contributed by atoms with Crippen LogP contribution in [0.15, 0.2) is 65.1 Å². The van der Waals surface area contributed by atoms with Crippen LogP contribution in [0, 0.1) is 25.7 Å². The molecule has 3 aromatic carbocycles. The highest BCUT2D eigenvalue weighted by Gasteiger charge is 2.63. The van der Waals surface area contributed by atoms with Crippen LogP contribution in [0.3, 0.4) is 0 Å². The smallest absolute Gasteiger partial charge is 0.329 e. The number of anilines is 1. The molecule has 1 heterocycles. The SMILES string of the molecule is CCCC[C@H](C(=O)OCC(=O)Nc1ccc(Br)c(C)c1C)N1C(=O)[C@@H]2C3c4ccccc4C(c4ccccc43)[C@H]2C1=O. The van der Waals surface area contributed by atoms with Crippen molar-refractivity contribution in [2.75, 3.05) is 11.9 Å². The molecule has 1 aliphatic heterocycles. The van der Waals surface area contributed by atoms with E-state index >= 15 is 0 Å². The Balaban J connectivity index is 1.25. The van der Waals surface area contributed by atoms with Crippen LogP contribution in [0.25, 0.3) is 0 Å². The van der Waals surface area contributed by atoms with Gasteiger partial charge in [-0.15, -0.1) is 0 Å². The lowest BCUT2D eigenvalue weighted by atomic mass is 9.55. The summed E-state index contributed by atoms with van der Waals surface area (Å²) in [5, 5.41) is 2.80. The molecule has 42 heavy (non-hydrogen) atoms. The van der Waals surface area contributed by atoms with Crippen LogP contribution >= 0.6 is 15.9 Å². The van der Waals surface area contributed by atoms with E-state index < -0.39 is 36.4 Å². The van der Waals surface area contributed by atoms with E-state index in [1.165, 1.54) is 4.90 Å². The molecule has 0 unspecified atom stereocenters. The fraction of sp³-hybridized carbons (Fsp3) is 0.353. The molecule has 1 fully saturated rings. The molecule has 3 atom stereocenters. The molecule has 0 saturated carbocycles. The summed E-state index contributed by atoms with van der Waals surface area (Å²) in [4.78, 5) is 55.8. The molecule has 1 N–H and O–H groups in total. The molecule has 8 heteroatoms. The Morgan fingerprint density at radius 2 is 1.38 bits per heavy atom. The van der Waals surface area contributed by atoms with Gasteiger partial charge >= 0.3 is 5.97 Å². The van der Waals surface area contributed by atoms with Crippen LogP contribution in [0.5, 0.6) is 0 Å². The highest BCUT2D eigenvalue weighted by atomic mass is 79.9. The van der Waals surface area contributed by atoms with Gasteiger partial charge in [-0.3, -0.25) is 19.3 Å². The number of esters is 1. The number of nitrogens with zero attached hydrogens (tertiary/aromatic N) is 1. The van der Waals surface area contributed by atoms with Crippen molar-refractivity contribution >= 4 is 45.3 Å².